The summed E-state index contributed by atoms with van der Waals surface area (Å²) in [5.41, 5.74) is 1.44. The predicted octanol–water partition coefficient (Wildman–Crippen LogP) is 1.48. The second-order valence-electron chi connectivity index (χ2n) is 4.37. The van der Waals surface area contributed by atoms with Crippen LogP contribution in [-0.2, 0) is 5.54 Å². The Kier molecular flexibility index (Phi) is 2.57. The Balaban J connectivity index is 2.23. The Morgan fingerprint density at radius 2 is 2.00 bits per heavy atom. The maximum Gasteiger partial charge on any atom is 0.0534 e. The van der Waals surface area contributed by atoms with Crippen molar-refractivity contribution in [1.82, 2.24) is 10.6 Å². The van der Waals surface area contributed by atoms with E-state index in [9.17, 15) is 0 Å². The molecule has 0 amide bonds. The van der Waals surface area contributed by atoms with Gasteiger partial charge in [0.15, 0.2) is 0 Å². The van der Waals surface area contributed by atoms with Crippen LogP contribution in [0.25, 0.3) is 0 Å². The number of nitrogens with one attached hydrogen (secondary N) is 2. The molecule has 1 aromatic rings. The van der Waals surface area contributed by atoms with E-state index in [0.29, 0.717) is 6.04 Å². The molecule has 2 heteroatoms. The van der Waals surface area contributed by atoms with Gasteiger partial charge in [0.05, 0.1) is 5.54 Å². The average molecular weight is 190 g/mol. The lowest BCUT2D eigenvalue weighted by atomic mass is 9.89. The number of benzene rings is 1. The van der Waals surface area contributed by atoms with E-state index in [-0.39, 0.29) is 5.54 Å². The summed E-state index contributed by atoms with van der Waals surface area (Å²) >= 11 is 0. The van der Waals surface area contributed by atoms with Crippen molar-refractivity contribution in [3.63, 3.8) is 0 Å². The molecular formula is C12H18N2. The van der Waals surface area contributed by atoms with Gasteiger partial charge in [-0.15, -0.1) is 0 Å². The third-order valence-electron chi connectivity index (χ3n) is 2.90. The molecule has 2 N–H and O–H groups in total. The van der Waals surface area contributed by atoms with Gasteiger partial charge < -0.3 is 10.6 Å². The Bertz CT molecular complexity index is 296. The Morgan fingerprint density at radius 3 is 2.64 bits per heavy atom. The summed E-state index contributed by atoms with van der Waals surface area (Å²) in [6.45, 7) is 6.53. The van der Waals surface area contributed by atoms with Gasteiger partial charge in [0.1, 0.15) is 0 Å². The first-order valence-corrected chi connectivity index (χ1v) is 5.25. The molecule has 0 bridgehead atoms. The van der Waals surface area contributed by atoms with Crippen LogP contribution in [0.3, 0.4) is 0 Å². The monoisotopic (exact) mass is 190 g/mol. The molecule has 0 spiro atoms. The van der Waals surface area contributed by atoms with Gasteiger partial charge in [-0.3, -0.25) is 0 Å². The second kappa shape index (κ2) is 3.71. The first-order chi connectivity index (χ1) is 6.71. The maximum absolute atomic E-state index is 3.65. The zero-order chi connectivity index (χ0) is 10.0. The van der Waals surface area contributed by atoms with E-state index < -0.39 is 0 Å². The van der Waals surface area contributed by atoms with Gasteiger partial charge >= 0.3 is 0 Å². The van der Waals surface area contributed by atoms with Crippen LogP contribution in [0.15, 0.2) is 30.3 Å². The Morgan fingerprint density at radius 1 is 1.29 bits per heavy atom. The lowest BCUT2D eigenvalue weighted by molar-refractivity contribution is 0.255. The Hall–Kier alpha value is -0.860. The zero-order valence-corrected chi connectivity index (χ0v) is 8.88. The minimum atomic E-state index is 0.0823. The third-order valence-corrected chi connectivity index (χ3v) is 2.90. The predicted molar refractivity (Wildman–Crippen MR) is 59.3 cm³/mol. The maximum atomic E-state index is 3.65. The van der Waals surface area contributed by atoms with Gasteiger partial charge in [-0.1, -0.05) is 30.3 Å². The number of piperazine rings is 1. The molecule has 0 aliphatic carbocycles. The normalized spacial score (nSPS) is 32.9. The molecule has 1 heterocycles. The summed E-state index contributed by atoms with van der Waals surface area (Å²) in [5, 5.41) is 7.11. The van der Waals surface area contributed by atoms with E-state index in [0.717, 1.165) is 13.1 Å². The lowest BCUT2D eigenvalue weighted by Gasteiger charge is -2.39. The van der Waals surface area contributed by atoms with Crippen LogP contribution in [-0.4, -0.2) is 19.1 Å². The summed E-state index contributed by atoms with van der Waals surface area (Å²) in [7, 11) is 0. The molecule has 0 radical (unpaired) electrons. The number of hydrogen-bond acceptors (Lipinski definition) is 2. The van der Waals surface area contributed by atoms with E-state index >= 15 is 0 Å². The number of hydrogen-bond donors (Lipinski definition) is 2. The smallest absolute Gasteiger partial charge is 0.0534 e. The van der Waals surface area contributed by atoms with Crippen molar-refractivity contribution >= 4 is 0 Å². The van der Waals surface area contributed by atoms with Crippen LogP contribution in [0.4, 0.5) is 0 Å². The third kappa shape index (κ3) is 1.81. The van der Waals surface area contributed by atoms with Crippen molar-refractivity contribution in [3.05, 3.63) is 35.9 Å². The molecule has 1 saturated heterocycles. The molecule has 1 fully saturated rings. The zero-order valence-electron chi connectivity index (χ0n) is 8.88. The molecule has 2 atom stereocenters. The quantitative estimate of drug-likeness (QED) is 0.701. The first-order valence-electron chi connectivity index (χ1n) is 5.25. The highest BCUT2D eigenvalue weighted by molar-refractivity contribution is 5.25. The fraction of sp³-hybridized carbons (Fsp3) is 0.500. The minimum absolute atomic E-state index is 0.0823. The van der Waals surface area contributed by atoms with Gasteiger partial charge in [-0.25, -0.2) is 0 Å². The first kappa shape index (κ1) is 9.69. The molecular weight excluding hydrogens is 172 g/mol. The topological polar surface area (TPSA) is 24.1 Å². The fourth-order valence-corrected chi connectivity index (χ4v) is 2.18. The molecule has 2 nitrogen and oxygen atoms in total. The largest absolute Gasteiger partial charge is 0.313 e. The van der Waals surface area contributed by atoms with Gasteiger partial charge in [0, 0.05) is 19.1 Å². The van der Waals surface area contributed by atoms with Crippen LogP contribution >= 0.6 is 0 Å². The molecule has 76 valence electrons. The molecule has 1 aromatic carbocycles. The SMILES string of the molecule is CC1CNCC(C)(c2ccccc2)N1. The Labute approximate surface area is 85.7 Å². The van der Waals surface area contributed by atoms with Crippen molar-refractivity contribution in [2.75, 3.05) is 13.1 Å². The summed E-state index contributed by atoms with van der Waals surface area (Å²) in [6.07, 6.45) is 0. The van der Waals surface area contributed by atoms with Crippen LogP contribution in [0.2, 0.25) is 0 Å². The molecule has 0 saturated carbocycles. The van der Waals surface area contributed by atoms with Crippen LogP contribution in [0.1, 0.15) is 19.4 Å². The molecule has 14 heavy (non-hydrogen) atoms. The van der Waals surface area contributed by atoms with E-state index in [1.165, 1.54) is 5.56 Å². The summed E-state index contributed by atoms with van der Waals surface area (Å²) in [4.78, 5) is 0. The van der Waals surface area contributed by atoms with Crippen molar-refractivity contribution in [3.8, 4) is 0 Å². The van der Waals surface area contributed by atoms with Crippen molar-refractivity contribution < 1.29 is 0 Å². The van der Waals surface area contributed by atoms with Crippen LogP contribution in [0.5, 0.6) is 0 Å². The second-order valence-corrected chi connectivity index (χ2v) is 4.37. The average Bonchev–Trinajstić information content (AvgIpc) is 2.19. The van der Waals surface area contributed by atoms with Crippen molar-refractivity contribution in [2.45, 2.75) is 25.4 Å². The summed E-state index contributed by atoms with van der Waals surface area (Å²) < 4.78 is 0. The standard InChI is InChI=1S/C12H18N2/c1-10-8-13-9-12(2,14-10)11-6-4-3-5-7-11/h3-7,10,13-14H,8-9H2,1-2H3. The van der Waals surface area contributed by atoms with E-state index in [2.05, 4.69) is 54.8 Å². The highest BCUT2D eigenvalue weighted by Crippen LogP contribution is 2.22. The molecule has 2 unspecified atom stereocenters. The van der Waals surface area contributed by atoms with Crippen molar-refractivity contribution in [2.24, 2.45) is 0 Å². The van der Waals surface area contributed by atoms with Gasteiger partial charge in [-0.2, -0.15) is 0 Å². The molecule has 1 aliphatic rings. The van der Waals surface area contributed by atoms with Crippen molar-refractivity contribution in [1.29, 1.82) is 0 Å². The molecule has 1 aliphatic heterocycles. The van der Waals surface area contributed by atoms with Gasteiger partial charge in [-0.05, 0) is 19.4 Å². The van der Waals surface area contributed by atoms with Crippen LogP contribution in [0, 0.1) is 0 Å². The lowest BCUT2D eigenvalue weighted by Crippen LogP contribution is -2.59. The highest BCUT2D eigenvalue weighted by Gasteiger charge is 2.30. The van der Waals surface area contributed by atoms with E-state index in [4.69, 9.17) is 0 Å². The van der Waals surface area contributed by atoms with Gasteiger partial charge in [0.25, 0.3) is 0 Å². The fourth-order valence-electron chi connectivity index (χ4n) is 2.18. The van der Waals surface area contributed by atoms with E-state index in [1.807, 2.05) is 0 Å². The van der Waals surface area contributed by atoms with Gasteiger partial charge in [0.2, 0.25) is 0 Å². The summed E-state index contributed by atoms with van der Waals surface area (Å²) in [6, 6.07) is 11.2. The summed E-state index contributed by atoms with van der Waals surface area (Å²) in [5.74, 6) is 0. The van der Waals surface area contributed by atoms with Crippen LogP contribution < -0.4 is 10.6 Å². The number of rotatable bonds is 1. The minimum Gasteiger partial charge on any atom is -0.313 e. The molecule has 0 aromatic heterocycles. The van der Waals surface area contributed by atoms with E-state index in [1.54, 1.807) is 0 Å². The highest BCUT2D eigenvalue weighted by atomic mass is 15.1. The molecule has 2 rings (SSSR count).